The van der Waals surface area contributed by atoms with Crippen molar-refractivity contribution in [1.82, 2.24) is 10.3 Å². The van der Waals surface area contributed by atoms with Gasteiger partial charge in [-0.2, -0.15) is 0 Å². The van der Waals surface area contributed by atoms with E-state index in [1.807, 2.05) is 69.3 Å². The van der Waals surface area contributed by atoms with Gasteiger partial charge in [-0.3, -0.25) is 4.98 Å². The lowest BCUT2D eigenvalue weighted by molar-refractivity contribution is 0.0534. The molecule has 0 aliphatic carbocycles. The molecule has 0 saturated carbocycles. The molecule has 0 fully saturated rings. The summed E-state index contributed by atoms with van der Waals surface area (Å²) >= 11 is 0. The Bertz CT molecular complexity index is 706. The highest BCUT2D eigenvalue weighted by Crippen LogP contribution is 2.14. The second-order valence-corrected chi connectivity index (χ2v) is 6.51. The lowest BCUT2D eigenvalue weighted by Crippen LogP contribution is -2.32. The molecule has 132 valence electrons. The maximum absolute atomic E-state index is 11.5. The van der Waals surface area contributed by atoms with Crippen LogP contribution in [-0.4, -0.2) is 23.2 Å². The van der Waals surface area contributed by atoms with Gasteiger partial charge in [0.25, 0.3) is 0 Å². The van der Waals surface area contributed by atoms with E-state index in [4.69, 9.17) is 9.47 Å². The van der Waals surface area contributed by atoms with E-state index in [0.29, 0.717) is 18.9 Å². The molecule has 0 aliphatic rings. The SMILES string of the molecule is CC(C)(C)OC(=O)NCC=Cc1cncc(OCc2ccccc2)c1. The van der Waals surface area contributed by atoms with Crippen LogP contribution < -0.4 is 10.1 Å². The molecule has 1 N–H and O–H groups in total. The molecule has 5 nitrogen and oxygen atoms in total. The Balaban J connectivity index is 1.81. The summed E-state index contributed by atoms with van der Waals surface area (Å²) in [6.45, 7) is 6.36. The third-order valence-corrected chi connectivity index (χ3v) is 3.06. The first-order chi connectivity index (χ1) is 11.9. The molecule has 0 bridgehead atoms. The number of carbonyl (C=O) groups is 1. The van der Waals surface area contributed by atoms with Gasteiger partial charge in [-0.05, 0) is 38.0 Å². The van der Waals surface area contributed by atoms with Crippen LogP contribution in [0.15, 0.2) is 54.9 Å². The first kappa shape index (κ1) is 18.5. The molecule has 1 heterocycles. The van der Waals surface area contributed by atoms with E-state index >= 15 is 0 Å². The molecule has 0 spiro atoms. The quantitative estimate of drug-likeness (QED) is 0.856. The van der Waals surface area contributed by atoms with Crippen LogP contribution in [0.2, 0.25) is 0 Å². The highest BCUT2D eigenvalue weighted by Gasteiger charge is 2.14. The number of alkyl carbamates (subject to hydrolysis) is 1. The predicted octanol–water partition coefficient (Wildman–Crippen LogP) is 4.20. The van der Waals surface area contributed by atoms with Gasteiger partial charge in [0, 0.05) is 12.7 Å². The topological polar surface area (TPSA) is 60.5 Å². The Morgan fingerprint density at radius 2 is 1.96 bits per heavy atom. The maximum atomic E-state index is 11.5. The van der Waals surface area contributed by atoms with Crippen molar-refractivity contribution in [2.24, 2.45) is 0 Å². The third-order valence-electron chi connectivity index (χ3n) is 3.06. The first-order valence-corrected chi connectivity index (χ1v) is 8.17. The van der Waals surface area contributed by atoms with Crippen LogP contribution in [0.3, 0.4) is 0 Å². The van der Waals surface area contributed by atoms with Gasteiger partial charge in [-0.1, -0.05) is 42.5 Å². The van der Waals surface area contributed by atoms with Crippen molar-refractivity contribution in [3.8, 4) is 5.75 Å². The minimum atomic E-state index is -0.498. The van der Waals surface area contributed by atoms with Crippen molar-refractivity contribution >= 4 is 12.2 Å². The number of ether oxygens (including phenoxy) is 2. The van der Waals surface area contributed by atoms with E-state index in [0.717, 1.165) is 11.1 Å². The number of amides is 1. The summed E-state index contributed by atoms with van der Waals surface area (Å²) < 4.78 is 10.9. The fraction of sp³-hybridized carbons (Fsp3) is 0.300. The maximum Gasteiger partial charge on any atom is 0.407 e. The molecule has 0 atom stereocenters. The minimum absolute atomic E-state index is 0.379. The molecule has 0 saturated heterocycles. The highest BCUT2D eigenvalue weighted by molar-refractivity contribution is 5.68. The number of hydrogen-bond donors (Lipinski definition) is 1. The summed E-state index contributed by atoms with van der Waals surface area (Å²) in [5.41, 5.74) is 1.50. The summed E-state index contributed by atoms with van der Waals surface area (Å²) in [5, 5.41) is 2.67. The lowest BCUT2D eigenvalue weighted by atomic mass is 10.2. The number of nitrogens with zero attached hydrogens (tertiary/aromatic N) is 1. The van der Waals surface area contributed by atoms with Gasteiger partial charge >= 0.3 is 6.09 Å². The summed E-state index contributed by atoms with van der Waals surface area (Å²) in [4.78, 5) is 15.7. The van der Waals surface area contributed by atoms with Gasteiger partial charge in [-0.25, -0.2) is 4.79 Å². The monoisotopic (exact) mass is 340 g/mol. The fourth-order valence-corrected chi connectivity index (χ4v) is 2.00. The number of rotatable bonds is 6. The highest BCUT2D eigenvalue weighted by atomic mass is 16.6. The Kier molecular flexibility index (Phi) is 6.57. The molecule has 0 radical (unpaired) electrons. The number of hydrogen-bond acceptors (Lipinski definition) is 4. The first-order valence-electron chi connectivity index (χ1n) is 8.17. The van der Waals surface area contributed by atoms with Crippen molar-refractivity contribution < 1.29 is 14.3 Å². The summed E-state index contributed by atoms with van der Waals surface area (Å²) in [5.74, 6) is 0.700. The normalized spacial score (nSPS) is 11.3. The van der Waals surface area contributed by atoms with Gasteiger partial charge in [0.2, 0.25) is 0 Å². The zero-order valence-corrected chi connectivity index (χ0v) is 14.9. The van der Waals surface area contributed by atoms with Crippen molar-refractivity contribution in [2.45, 2.75) is 33.0 Å². The smallest absolute Gasteiger partial charge is 0.407 e. The number of benzene rings is 1. The molecule has 2 rings (SSSR count). The molecular weight excluding hydrogens is 316 g/mol. The van der Waals surface area contributed by atoms with Gasteiger partial charge in [0.15, 0.2) is 0 Å². The van der Waals surface area contributed by atoms with E-state index in [9.17, 15) is 4.79 Å². The molecule has 1 aromatic heterocycles. The van der Waals surface area contributed by atoms with Gasteiger partial charge in [0.05, 0.1) is 6.20 Å². The van der Waals surface area contributed by atoms with E-state index in [1.165, 1.54) is 0 Å². The van der Waals surface area contributed by atoms with Crippen LogP contribution in [-0.2, 0) is 11.3 Å². The third kappa shape index (κ3) is 7.52. The van der Waals surface area contributed by atoms with Crippen LogP contribution >= 0.6 is 0 Å². The average Bonchev–Trinajstić information content (AvgIpc) is 2.57. The fourth-order valence-electron chi connectivity index (χ4n) is 2.00. The van der Waals surface area contributed by atoms with Crippen molar-refractivity contribution in [2.75, 3.05) is 6.54 Å². The number of aromatic nitrogens is 1. The largest absolute Gasteiger partial charge is 0.487 e. The average molecular weight is 340 g/mol. The summed E-state index contributed by atoms with van der Waals surface area (Å²) in [6.07, 6.45) is 6.69. The predicted molar refractivity (Wildman–Crippen MR) is 98.3 cm³/mol. The van der Waals surface area contributed by atoms with E-state index in [1.54, 1.807) is 12.4 Å². The molecule has 1 aromatic carbocycles. The van der Waals surface area contributed by atoms with Gasteiger partial charge < -0.3 is 14.8 Å². The molecule has 0 aliphatic heterocycles. The van der Waals surface area contributed by atoms with Crippen molar-refractivity contribution in [1.29, 1.82) is 0 Å². The van der Waals surface area contributed by atoms with Crippen molar-refractivity contribution in [3.05, 3.63) is 66.0 Å². The Labute approximate surface area is 148 Å². The molecule has 2 aromatic rings. The van der Waals surface area contributed by atoms with Gasteiger partial charge in [0.1, 0.15) is 18.0 Å². The van der Waals surface area contributed by atoms with Crippen LogP contribution in [0.25, 0.3) is 6.08 Å². The lowest BCUT2D eigenvalue weighted by Gasteiger charge is -2.19. The zero-order valence-electron chi connectivity index (χ0n) is 14.9. The summed E-state index contributed by atoms with van der Waals surface area (Å²) in [7, 11) is 0. The summed E-state index contributed by atoms with van der Waals surface area (Å²) in [6, 6.07) is 11.9. The molecule has 0 unspecified atom stereocenters. The van der Waals surface area contributed by atoms with Crippen LogP contribution in [0, 0.1) is 0 Å². The zero-order chi connectivity index (χ0) is 18.1. The molecular formula is C20H24N2O3. The second kappa shape index (κ2) is 8.87. The Morgan fingerprint density at radius 3 is 2.68 bits per heavy atom. The van der Waals surface area contributed by atoms with E-state index < -0.39 is 11.7 Å². The minimum Gasteiger partial charge on any atom is -0.487 e. The molecule has 1 amide bonds. The molecule has 5 heteroatoms. The van der Waals surface area contributed by atoms with Crippen LogP contribution in [0.1, 0.15) is 31.9 Å². The Morgan fingerprint density at radius 1 is 1.20 bits per heavy atom. The number of pyridine rings is 1. The number of carbonyl (C=O) groups excluding carboxylic acids is 1. The van der Waals surface area contributed by atoms with E-state index in [-0.39, 0.29) is 0 Å². The Hall–Kier alpha value is -2.82. The van der Waals surface area contributed by atoms with E-state index in [2.05, 4.69) is 10.3 Å². The van der Waals surface area contributed by atoms with Crippen LogP contribution in [0.4, 0.5) is 4.79 Å². The second-order valence-electron chi connectivity index (χ2n) is 6.51. The van der Waals surface area contributed by atoms with Gasteiger partial charge in [-0.15, -0.1) is 0 Å². The standard InChI is InChI=1S/C20H24N2O3/c1-20(2,3)25-19(23)22-11-7-10-17-12-18(14-21-13-17)24-15-16-8-5-4-6-9-16/h4-10,12-14H,11,15H2,1-3H3,(H,22,23). The molecule has 25 heavy (non-hydrogen) atoms. The number of nitrogens with one attached hydrogen (secondary N) is 1. The van der Waals surface area contributed by atoms with Crippen LogP contribution in [0.5, 0.6) is 5.75 Å². The van der Waals surface area contributed by atoms with Crippen molar-refractivity contribution in [3.63, 3.8) is 0 Å².